The summed E-state index contributed by atoms with van der Waals surface area (Å²) in [4.78, 5) is 0. The fourth-order valence-electron chi connectivity index (χ4n) is 0.862. The van der Waals surface area contributed by atoms with Crippen LogP contribution in [0.4, 0.5) is 0 Å². The minimum absolute atomic E-state index is 0.0203. The lowest BCUT2D eigenvalue weighted by Gasteiger charge is -2.09. The summed E-state index contributed by atoms with van der Waals surface area (Å²) >= 11 is 40.2. The molecule has 0 aromatic heterocycles. The molecule has 0 fully saturated rings. The van der Waals surface area contributed by atoms with Gasteiger partial charge in [-0.1, -0.05) is 81.2 Å². The summed E-state index contributed by atoms with van der Waals surface area (Å²) in [6, 6.07) is 1.41. The second-order valence-corrected chi connectivity index (χ2v) is 5.32. The third-order valence-electron chi connectivity index (χ3n) is 1.50. The van der Waals surface area contributed by atoms with Crippen molar-refractivity contribution in [2.24, 2.45) is 0 Å². The lowest BCUT2D eigenvalue weighted by molar-refractivity contribution is 1.64. The van der Waals surface area contributed by atoms with Gasteiger partial charge in [0.25, 0.3) is 0 Å². The summed E-state index contributed by atoms with van der Waals surface area (Å²) in [5.74, 6) is 0. The third kappa shape index (κ3) is 3.01. The molecule has 0 nitrogen and oxygen atoms in total. The number of rotatable bonds is 1. The molecule has 0 saturated carbocycles. The molecule has 82 valence electrons. The lowest BCUT2D eigenvalue weighted by Crippen LogP contribution is -1.85. The van der Waals surface area contributed by atoms with E-state index in [2.05, 4.69) is 0 Å². The van der Waals surface area contributed by atoms with E-state index in [0.29, 0.717) is 0 Å². The van der Waals surface area contributed by atoms with Gasteiger partial charge in [0.2, 0.25) is 0 Å². The van der Waals surface area contributed by atoms with Gasteiger partial charge in [-0.05, 0) is 6.07 Å². The molecule has 0 aliphatic heterocycles. The number of halogens is 7. The molecule has 7 heteroatoms. The van der Waals surface area contributed by atoms with Crippen molar-refractivity contribution in [1.82, 2.24) is 0 Å². The van der Waals surface area contributed by atoms with Gasteiger partial charge in [0.1, 0.15) is 4.49 Å². The standard InChI is InChI=1S/C8HCl7/c9-2-1-3(10)5(11)6(12)4(2)7(13)8(14)15/h1H. The van der Waals surface area contributed by atoms with Crippen molar-refractivity contribution < 1.29 is 0 Å². The summed E-state index contributed by atoms with van der Waals surface area (Å²) in [5, 5.41) is 0.721. The molecule has 0 spiro atoms. The first-order chi connectivity index (χ1) is 6.86. The van der Waals surface area contributed by atoms with Crippen LogP contribution in [-0.4, -0.2) is 0 Å². The van der Waals surface area contributed by atoms with E-state index in [1.54, 1.807) is 0 Å². The summed E-state index contributed by atoms with van der Waals surface area (Å²) in [5.41, 5.74) is 0.259. The molecule has 0 aliphatic rings. The largest absolute Gasteiger partial charge is 0.126 e. The molecule has 0 atom stereocenters. The minimum Gasteiger partial charge on any atom is -0.0835 e. The Morgan fingerprint density at radius 3 is 1.80 bits per heavy atom. The van der Waals surface area contributed by atoms with Gasteiger partial charge in [-0.25, -0.2) is 0 Å². The second-order valence-electron chi connectivity index (χ2n) is 2.42. The maximum atomic E-state index is 5.91. The first-order valence-corrected chi connectivity index (χ1v) is 6.05. The number of hydrogen-bond donors (Lipinski definition) is 0. The van der Waals surface area contributed by atoms with Crippen molar-refractivity contribution in [2.45, 2.75) is 0 Å². The van der Waals surface area contributed by atoms with Crippen molar-refractivity contribution in [3.05, 3.63) is 36.2 Å². The van der Waals surface area contributed by atoms with Gasteiger partial charge in [0.05, 0.1) is 25.1 Å². The lowest BCUT2D eigenvalue weighted by atomic mass is 10.2. The van der Waals surface area contributed by atoms with Crippen LogP contribution in [-0.2, 0) is 0 Å². The Morgan fingerprint density at radius 1 is 0.800 bits per heavy atom. The van der Waals surface area contributed by atoms with E-state index < -0.39 is 0 Å². The Balaban J connectivity index is 3.57. The highest BCUT2D eigenvalue weighted by Crippen LogP contribution is 2.43. The molecule has 1 rings (SSSR count). The van der Waals surface area contributed by atoms with Crippen LogP contribution in [0.2, 0.25) is 20.1 Å². The van der Waals surface area contributed by atoms with E-state index in [-0.39, 0.29) is 35.2 Å². The first kappa shape index (κ1) is 14.1. The molecule has 1 aromatic carbocycles. The number of hydrogen-bond acceptors (Lipinski definition) is 0. The van der Waals surface area contributed by atoms with Crippen molar-refractivity contribution in [3.63, 3.8) is 0 Å². The van der Waals surface area contributed by atoms with Crippen LogP contribution in [0.3, 0.4) is 0 Å². The molecule has 0 unspecified atom stereocenters. The summed E-state index contributed by atoms with van der Waals surface area (Å²) in [6.07, 6.45) is 0. The van der Waals surface area contributed by atoms with E-state index in [1.165, 1.54) is 6.07 Å². The number of benzene rings is 1. The zero-order chi connectivity index (χ0) is 11.7. The molecule has 15 heavy (non-hydrogen) atoms. The fraction of sp³-hybridized carbons (Fsp3) is 0. The van der Waals surface area contributed by atoms with Crippen molar-refractivity contribution >= 4 is 86.2 Å². The highest BCUT2D eigenvalue weighted by Gasteiger charge is 2.17. The smallest absolute Gasteiger partial charge is 0.0835 e. The normalized spacial score (nSPS) is 10.3. The average molecular weight is 345 g/mol. The molecule has 0 amide bonds. The SMILES string of the molecule is ClC(Cl)=C(Cl)c1c(Cl)cc(Cl)c(Cl)c1Cl. The fourth-order valence-corrected chi connectivity index (χ4v) is 2.45. The van der Waals surface area contributed by atoms with Crippen molar-refractivity contribution in [3.8, 4) is 0 Å². The Labute approximate surface area is 122 Å². The van der Waals surface area contributed by atoms with Crippen LogP contribution in [0.1, 0.15) is 5.56 Å². The molecule has 0 N–H and O–H groups in total. The van der Waals surface area contributed by atoms with Crippen LogP contribution in [0, 0.1) is 0 Å². The quantitative estimate of drug-likeness (QED) is 0.395. The van der Waals surface area contributed by atoms with Gasteiger partial charge in [-0.15, -0.1) is 0 Å². The molecule has 0 radical (unpaired) electrons. The van der Waals surface area contributed by atoms with Gasteiger partial charge in [-0.3, -0.25) is 0 Å². The summed E-state index contributed by atoms with van der Waals surface area (Å²) in [6.45, 7) is 0. The van der Waals surface area contributed by atoms with Crippen LogP contribution in [0.5, 0.6) is 0 Å². The monoisotopic (exact) mass is 342 g/mol. The minimum atomic E-state index is -0.154. The second kappa shape index (κ2) is 5.55. The van der Waals surface area contributed by atoms with Gasteiger partial charge < -0.3 is 0 Å². The Morgan fingerprint density at radius 2 is 1.33 bits per heavy atom. The molecule has 0 bridgehead atoms. The van der Waals surface area contributed by atoms with Gasteiger partial charge in [0, 0.05) is 5.56 Å². The molecule has 0 saturated heterocycles. The van der Waals surface area contributed by atoms with E-state index in [9.17, 15) is 0 Å². The van der Waals surface area contributed by atoms with Gasteiger partial charge >= 0.3 is 0 Å². The molecule has 0 heterocycles. The molecular weight excluding hydrogens is 344 g/mol. The molecular formula is C8HCl7. The van der Waals surface area contributed by atoms with E-state index in [1.807, 2.05) is 0 Å². The van der Waals surface area contributed by atoms with Crippen LogP contribution in [0.15, 0.2) is 10.6 Å². The topological polar surface area (TPSA) is 0 Å². The Bertz CT molecular complexity index is 431. The van der Waals surface area contributed by atoms with E-state index in [4.69, 9.17) is 81.2 Å². The molecule has 0 aliphatic carbocycles. The summed E-state index contributed by atoms with van der Waals surface area (Å²) < 4.78 is -0.154. The van der Waals surface area contributed by atoms with Crippen LogP contribution in [0.25, 0.3) is 5.03 Å². The Hall–Kier alpha value is 0.990. The maximum absolute atomic E-state index is 5.91. The highest BCUT2D eigenvalue weighted by atomic mass is 35.5. The van der Waals surface area contributed by atoms with E-state index in [0.717, 1.165) is 0 Å². The first-order valence-electron chi connectivity index (χ1n) is 3.40. The maximum Gasteiger partial charge on any atom is 0.126 e. The van der Waals surface area contributed by atoms with Gasteiger partial charge in [0.15, 0.2) is 0 Å². The third-order valence-corrected chi connectivity index (χ3v) is 4.01. The van der Waals surface area contributed by atoms with Crippen molar-refractivity contribution in [1.29, 1.82) is 0 Å². The molecule has 1 aromatic rings. The van der Waals surface area contributed by atoms with Crippen molar-refractivity contribution in [2.75, 3.05) is 0 Å². The van der Waals surface area contributed by atoms with Crippen LogP contribution < -0.4 is 0 Å². The van der Waals surface area contributed by atoms with Gasteiger partial charge in [-0.2, -0.15) is 0 Å². The van der Waals surface area contributed by atoms with Crippen LogP contribution >= 0.6 is 81.2 Å². The highest BCUT2D eigenvalue weighted by molar-refractivity contribution is 6.68. The summed E-state index contributed by atoms with van der Waals surface area (Å²) in [7, 11) is 0. The zero-order valence-corrected chi connectivity index (χ0v) is 12.0. The predicted octanol–water partition coefficient (Wildman–Crippen LogP) is 6.64. The van der Waals surface area contributed by atoms with E-state index >= 15 is 0 Å². The predicted molar refractivity (Wildman–Crippen MR) is 71.0 cm³/mol. The zero-order valence-electron chi connectivity index (χ0n) is 6.72. The Kier molecular flexibility index (Phi) is 5.20. The average Bonchev–Trinajstić information content (AvgIpc) is 2.14.